The van der Waals surface area contributed by atoms with Gasteiger partial charge >= 0.3 is 0 Å². The van der Waals surface area contributed by atoms with Crippen molar-refractivity contribution in [3.05, 3.63) is 55.0 Å². The molecule has 4 heterocycles. The molecule has 23 heavy (non-hydrogen) atoms. The van der Waals surface area contributed by atoms with Gasteiger partial charge in [-0.25, -0.2) is 9.97 Å². The maximum atomic E-state index is 4.52. The second-order valence-electron chi connectivity index (χ2n) is 5.39. The van der Waals surface area contributed by atoms with Gasteiger partial charge in [-0.05, 0) is 19.1 Å². The Morgan fingerprint density at radius 3 is 2.91 bits per heavy atom. The Bertz CT molecular complexity index is 983. The van der Waals surface area contributed by atoms with Crippen molar-refractivity contribution in [3.8, 4) is 11.3 Å². The number of anilines is 2. The molecule has 0 spiro atoms. The number of aromatic amines is 1. The van der Waals surface area contributed by atoms with Gasteiger partial charge in [0.15, 0.2) is 18.5 Å². The van der Waals surface area contributed by atoms with E-state index in [-0.39, 0.29) is 0 Å². The van der Waals surface area contributed by atoms with Crippen molar-refractivity contribution in [2.45, 2.75) is 6.92 Å². The van der Waals surface area contributed by atoms with Crippen LogP contribution in [0.3, 0.4) is 0 Å². The molecule has 0 fully saturated rings. The fourth-order valence-corrected chi connectivity index (χ4v) is 2.58. The summed E-state index contributed by atoms with van der Waals surface area (Å²) in [5, 5.41) is 6.43. The summed E-state index contributed by atoms with van der Waals surface area (Å²) in [7, 11) is 1.95. The lowest BCUT2D eigenvalue weighted by atomic mass is 10.3. The van der Waals surface area contributed by atoms with E-state index in [0.717, 1.165) is 28.3 Å². The number of hydrogen-bond acceptors (Lipinski definition) is 4. The Hall–Kier alpha value is -3.22. The highest BCUT2D eigenvalue weighted by molar-refractivity contribution is 5.73. The van der Waals surface area contributed by atoms with Crippen molar-refractivity contribution in [3.63, 3.8) is 0 Å². The summed E-state index contributed by atoms with van der Waals surface area (Å²) in [5.41, 5.74) is 4.74. The first-order valence-electron chi connectivity index (χ1n) is 7.27. The SMILES string of the molecule is Cc1cc(Nc2nccn3c(-c4c[nH][n+](C)c4)cnc23)ccn1. The Labute approximate surface area is 132 Å². The van der Waals surface area contributed by atoms with Gasteiger partial charge in [-0.2, -0.15) is 5.10 Å². The average Bonchev–Trinajstić information content (AvgIpc) is 3.14. The average molecular weight is 306 g/mol. The molecule has 0 amide bonds. The summed E-state index contributed by atoms with van der Waals surface area (Å²) in [6.07, 6.45) is 11.3. The number of pyridine rings is 1. The van der Waals surface area contributed by atoms with Crippen molar-refractivity contribution >= 4 is 17.2 Å². The molecule has 0 aliphatic rings. The third-order valence-corrected chi connectivity index (χ3v) is 3.64. The van der Waals surface area contributed by atoms with Gasteiger partial charge in [0, 0.05) is 30.0 Å². The topological polar surface area (TPSA) is 74.8 Å². The zero-order chi connectivity index (χ0) is 15.8. The fraction of sp³-hybridized carbons (Fsp3) is 0.125. The lowest BCUT2D eigenvalue weighted by Crippen LogP contribution is -2.27. The summed E-state index contributed by atoms with van der Waals surface area (Å²) in [6, 6.07) is 3.88. The number of fused-ring (bicyclic) bond motifs is 1. The summed E-state index contributed by atoms with van der Waals surface area (Å²) < 4.78 is 3.92. The zero-order valence-electron chi connectivity index (χ0n) is 12.9. The Balaban J connectivity index is 1.78. The highest BCUT2D eigenvalue weighted by Gasteiger charge is 2.13. The largest absolute Gasteiger partial charge is 0.337 e. The smallest absolute Gasteiger partial charge is 0.204 e. The standard InChI is InChI=1S/C16H15N7/c1-11-7-13(3-4-17-11)21-15-16-19-9-14(23(16)6-5-18-15)12-8-20-22(2)10-12/h3-10H,1-2H3,(H,17,18,21)/p+1. The molecule has 0 aliphatic carbocycles. The quantitative estimate of drug-likeness (QED) is 0.568. The highest BCUT2D eigenvalue weighted by atomic mass is 15.2. The van der Waals surface area contributed by atoms with Gasteiger partial charge in [-0.3, -0.25) is 9.38 Å². The minimum Gasteiger partial charge on any atom is -0.337 e. The maximum Gasteiger partial charge on any atom is 0.204 e. The van der Waals surface area contributed by atoms with Crippen molar-refractivity contribution < 1.29 is 4.68 Å². The highest BCUT2D eigenvalue weighted by Crippen LogP contribution is 2.24. The third kappa shape index (κ3) is 2.42. The number of nitrogens with zero attached hydrogens (tertiary/aromatic N) is 5. The molecule has 4 rings (SSSR count). The van der Waals surface area contributed by atoms with E-state index in [2.05, 4.69) is 25.4 Å². The van der Waals surface area contributed by atoms with Crippen LogP contribution in [0.1, 0.15) is 5.69 Å². The molecule has 4 aromatic heterocycles. The van der Waals surface area contributed by atoms with E-state index in [1.807, 2.05) is 60.0 Å². The molecule has 4 aromatic rings. The van der Waals surface area contributed by atoms with Gasteiger partial charge in [0.1, 0.15) is 0 Å². The van der Waals surface area contributed by atoms with Crippen LogP contribution in [0, 0.1) is 6.92 Å². The summed E-state index contributed by atoms with van der Waals surface area (Å²) in [6.45, 7) is 1.96. The van der Waals surface area contributed by atoms with Crippen molar-refractivity contribution in [1.82, 2.24) is 24.5 Å². The molecule has 2 N–H and O–H groups in total. The summed E-state index contributed by atoms with van der Waals surface area (Å²) in [4.78, 5) is 13.1. The molecule has 0 atom stereocenters. The second kappa shape index (κ2) is 5.20. The predicted molar refractivity (Wildman–Crippen MR) is 86.2 cm³/mol. The van der Waals surface area contributed by atoms with Crippen LogP contribution in [0.4, 0.5) is 11.5 Å². The van der Waals surface area contributed by atoms with Crippen molar-refractivity contribution in [2.24, 2.45) is 7.05 Å². The summed E-state index contributed by atoms with van der Waals surface area (Å²) >= 11 is 0. The number of hydrogen-bond donors (Lipinski definition) is 2. The van der Waals surface area contributed by atoms with Gasteiger partial charge in [-0.15, -0.1) is 4.68 Å². The van der Waals surface area contributed by atoms with E-state index in [1.54, 1.807) is 12.4 Å². The number of imidazole rings is 1. The zero-order valence-corrected chi connectivity index (χ0v) is 12.9. The number of H-pyrrole nitrogens is 1. The van der Waals surface area contributed by atoms with Crippen LogP contribution in [-0.2, 0) is 7.05 Å². The molecule has 7 heteroatoms. The van der Waals surface area contributed by atoms with Crippen molar-refractivity contribution in [2.75, 3.05) is 5.32 Å². The molecule has 0 aromatic carbocycles. The molecule has 0 unspecified atom stereocenters. The van der Waals surface area contributed by atoms with Crippen LogP contribution < -0.4 is 10.00 Å². The first-order valence-corrected chi connectivity index (χ1v) is 7.27. The van der Waals surface area contributed by atoms with E-state index < -0.39 is 0 Å². The van der Waals surface area contributed by atoms with E-state index in [4.69, 9.17) is 0 Å². The molecule has 0 aliphatic heterocycles. The second-order valence-corrected chi connectivity index (χ2v) is 5.39. The van der Waals surface area contributed by atoms with Crippen LogP contribution >= 0.6 is 0 Å². The van der Waals surface area contributed by atoms with E-state index >= 15 is 0 Å². The number of aromatic nitrogens is 6. The van der Waals surface area contributed by atoms with Gasteiger partial charge < -0.3 is 5.32 Å². The molecular formula is C16H16N7+. The van der Waals surface area contributed by atoms with Crippen molar-refractivity contribution in [1.29, 1.82) is 0 Å². The lowest BCUT2D eigenvalue weighted by Gasteiger charge is -2.07. The minimum absolute atomic E-state index is 0.712. The molecule has 0 radical (unpaired) electrons. The maximum absolute atomic E-state index is 4.52. The van der Waals surface area contributed by atoms with Crippen LogP contribution in [0.5, 0.6) is 0 Å². The number of nitrogens with one attached hydrogen (secondary N) is 2. The first-order chi connectivity index (χ1) is 11.2. The molecule has 0 saturated carbocycles. The molecule has 0 saturated heterocycles. The fourth-order valence-electron chi connectivity index (χ4n) is 2.58. The van der Waals surface area contributed by atoms with E-state index in [0.29, 0.717) is 5.82 Å². The number of rotatable bonds is 3. The monoisotopic (exact) mass is 306 g/mol. The minimum atomic E-state index is 0.712. The predicted octanol–water partition coefficient (Wildman–Crippen LogP) is 2.00. The van der Waals surface area contributed by atoms with Crippen LogP contribution in [0.15, 0.2) is 49.3 Å². The molecule has 7 nitrogen and oxygen atoms in total. The Morgan fingerprint density at radius 1 is 1.22 bits per heavy atom. The first kappa shape index (κ1) is 13.4. The molecular weight excluding hydrogens is 290 g/mol. The van der Waals surface area contributed by atoms with Gasteiger partial charge in [0.05, 0.1) is 23.7 Å². The third-order valence-electron chi connectivity index (χ3n) is 3.64. The Morgan fingerprint density at radius 2 is 2.13 bits per heavy atom. The van der Waals surface area contributed by atoms with Crippen LogP contribution in [0.2, 0.25) is 0 Å². The number of aryl methyl sites for hydroxylation is 2. The van der Waals surface area contributed by atoms with Crippen LogP contribution in [-0.4, -0.2) is 24.5 Å². The molecule has 0 bridgehead atoms. The van der Waals surface area contributed by atoms with Gasteiger partial charge in [-0.1, -0.05) is 0 Å². The van der Waals surface area contributed by atoms with Gasteiger partial charge in [0.2, 0.25) is 6.20 Å². The van der Waals surface area contributed by atoms with E-state index in [9.17, 15) is 0 Å². The molecule has 114 valence electrons. The van der Waals surface area contributed by atoms with Gasteiger partial charge in [0.25, 0.3) is 0 Å². The van der Waals surface area contributed by atoms with E-state index in [1.165, 1.54) is 0 Å². The lowest BCUT2D eigenvalue weighted by molar-refractivity contribution is -0.726. The van der Waals surface area contributed by atoms with Crippen LogP contribution in [0.25, 0.3) is 16.9 Å². The normalized spacial score (nSPS) is 11.0. The Kier molecular flexibility index (Phi) is 3.04. The summed E-state index contributed by atoms with van der Waals surface area (Å²) in [5.74, 6) is 0.712.